The molecule has 0 amide bonds. The van der Waals surface area contributed by atoms with Gasteiger partial charge < -0.3 is 9.72 Å². The van der Waals surface area contributed by atoms with Gasteiger partial charge in [0.2, 0.25) is 0 Å². The monoisotopic (exact) mass is 548 g/mol. The normalized spacial score (nSPS) is 16.0. The van der Waals surface area contributed by atoms with Crippen LogP contribution in [-0.4, -0.2) is 49.3 Å². The van der Waals surface area contributed by atoms with Crippen molar-refractivity contribution in [1.29, 1.82) is 0 Å². The fraction of sp³-hybridized carbons (Fsp3) is 0.333. The smallest absolute Gasteiger partial charge is 0.253 e. The molecule has 41 heavy (non-hydrogen) atoms. The zero-order valence-corrected chi connectivity index (χ0v) is 23.7. The summed E-state index contributed by atoms with van der Waals surface area (Å²) in [7, 11) is 0. The van der Waals surface area contributed by atoms with Gasteiger partial charge in [0.1, 0.15) is 6.04 Å². The summed E-state index contributed by atoms with van der Waals surface area (Å²) in [4.78, 5) is 19.4. The minimum Gasteiger partial charge on any atom is -0.376 e. The molecule has 5 aromatic rings. The van der Waals surface area contributed by atoms with E-state index >= 15 is 0 Å². The molecule has 8 nitrogen and oxygen atoms in total. The Balaban J connectivity index is 1.48. The molecule has 0 unspecified atom stereocenters. The van der Waals surface area contributed by atoms with Gasteiger partial charge in [0.25, 0.3) is 5.56 Å². The maximum absolute atomic E-state index is 13.9. The van der Waals surface area contributed by atoms with E-state index < -0.39 is 6.04 Å². The van der Waals surface area contributed by atoms with Crippen molar-refractivity contribution in [3.8, 4) is 0 Å². The maximum Gasteiger partial charge on any atom is 0.253 e. The molecule has 1 aliphatic rings. The van der Waals surface area contributed by atoms with Crippen molar-refractivity contribution in [1.82, 2.24) is 30.1 Å². The van der Waals surface area contributed by atoms with Gasteiger partial charge in [0, 0.05) is 30.8 Å². The van der Waals surface area contributed by atoms with Crippen LogP contribution in [-0.2, 0) is 24.2 Å². The van der Waals surface area contributed by atoms with Crippen molar-refractivity contribution >= 4 is 10.9 Å². The van der Waals surface area contributed by atoms with E-state index in [-0.39, 0.29) is 11.7 Å². The second-order valence-electron chi connectivity index (χ2n) is 11.0. The van der Waals surface area contributed by atoms with E-state index in [1.807, 2.05) is 28.9 Å². The van der Waals surface area contributed by atoms with E-state index in [0.717, 1.165) is 47.9 Å². The van der Waals surface area contributed by atoms with Crippen molar-refractivity contribution in [2.24, 2.45) is 0 Å². The quantitative estimate of drug-likeness (QED) is 0.260. The number of aryl methyl sites for hydroxylation is 2. The number of aromatic nitrogens is 5. The molecule has 6 rings (SSSR count). The van der Waals surface area contributed by atoms with Crippen LogP contribution in [0.25, 0.3) is 10.9 Å². The summed E-state index contributed by atoms with van der Waals surface area (Å²) in [5.74, 6) is 0.651. The third-order valence-corrected chi connectivity index (χ3v) is 8.11. The molecule has 1 aliphatic heterocycles. The molecule has 8 heteroatoms. The highest BCUT2D eigenvalue weighted by Crippen LogP contribution is 2.30. The van der Waals surface area contributed by atoms with Gasteiger partial charge in [-0.15, -0.1) is 5.10 Å². The van der Waals surface area contributed by atoms with Crippen LogP contribution in [0.5, 0.6) is 0 Å². The molecule has 0 aliphatic carbocycles. The number of nitrogens with zero attached hydrogens (tertiary/aromatic N) is 5. The average Bonchev–Trinajstić information content (AvgIpc) is 3.67. The first-order valence-corrected chi connectivity index (χ1v) is 14.4. The number of rotatable bonds is 10. The fourth-order valence-corrected chi connectivity index (χ4v) is 5.75. The minimum atomic E-state index is -0.468. The first-order valence-electron chi connectivity index (χ1n) is 14.4. The van der Waals surface area contributed by atoms with Gasteiger partial charge in [-0.25, -0.2) is 4.68 Å². The standard InChI is InChI=1S/C33H36N6O2/c1-23-18-27-20-29(33(40)34-30(27)19-24(23)2)31(32-35-36-37-39(32)22-28-14-9-17-41-28)38(21-26-12-7-4-8-13-26)16-15-25-10-5-3-6-11-25/h3-8,10-13,18-20,28,31H,9,14-17,21-22H2,1-2H3,(H,34,40)/t28-,31+/m0/s1. The summed E-state index contributed by atoms with van der Waals surface area (Å²) in [6.07, 6.45) is 2.89. The Morgan fingerprint density at radius 3 is 2.46 bits per heavy atom. The molecular formula is C33H36N6O2. The van der Waals surface area contributed by atoms with Crippen LogP contribution in [0.15, 0.2) is 83.7 Å². The average molecular weight is 549 g/mol. The van der Waals surface area contributed by atoms with Crippen molar-refractivity contribution in [3.05, 3.63) is 123 Å². The molecule has 1 saturated heterocycles. The summed E-state index contributed by atoms with van der Waals surface area (Å²) < 4.78 is 7.77. The summed E-state index contributed by atoms with van der Waals surface area (Å²) in [6, 6.07) is 26.6. The van der Waals surface area contributed by atoms with E-state index in [1.54, 1.807) is 0 Å². The van der Waals surface area contributed by atoms with Gasteiger partial charge in [-0.1, -0.05) is 60.7 Å². The summed E-state index contributed by atoms with van der Waals surface area (Å²) in [6.45, 7) is 6.82. The number of benzene rings is 3. The van der Waals surface area contributed by atoms with Crippen molar-refractivity contribution in [3.63, 3.8) is 0 Å². The van der Waals surface area contributed by atoms with Gasteiger partial charge in [0.05, 0.1) is 12.6 Å². The van der Waals surface area contributed by atoms with E-state index in [1.165, 1.54) is 11.1 Å². The second kappa shape index (κ2) is 12.2. The topological polar surface area (TPSA) is 88.9 Å². The lowest BCUT2D eigenvalue weighted by Gasteiger charge is -2.31. The highest BCUT2D eigenvalue weighted by molar-refractivity contribution is 5.81. The number of hydrogen-bond acceptors (Lipinski definition) is 6. The van der Waals surface area contributed by atoms with Crippen molar-refractivity contribution in [2.45, 2.75) is 58.3 Å². The molecule has 210 valence electrons. The van der Waals surface area contributed by atoms with Crippen LogP contribution in [0, 0.1) is 13.8 Å². The van der Waals surface area contributed by atoms with E-state index in [2.05, 4.69) is 93.9 Å². The first kappa shape index (κ1) is 27.1. The largest absolute Gasteiger partial charge is 0.376 e. The lowest BCUT2D eigenvalue weighted by Crippen LogP contribution is -2.37. The molecule has 0 bridgehead atoms. The zero-order valence-electron chi connectivity index (χ0n) is 23.7. The number of pyridine rings is 1. The van der Waals surface area contributed by atoms with Gasteiger partial charge in [-0.3, -0.25) is 9.69 Å². The summed E-state index contributed by atoms with van der Waals surface area (Å²) in [5.41, 5.74) is 6.06. The predicted octanol–water partition coefficient (Wildman–Crippen LogP) is 5.14. The Kier molecular flexibility index (Phi) is 8.02. The summed E-state index contributed by atoms with van der Waals surface area (Å²) >= 11 is 0. The van der Waals surface area contributed by atoms with Crippen LogP contribution in [0.1, 0.15) is 52.5 Å². The Bertz CT molecular complexity index is 1660. The molecule has 2 atom stereocenters. The number of ether oxygens (including phenoxy) is 1. The highest BCUT2D eigenvalue weighted by atomic mass is 16.5. The van der Waals surface area contributed by atoms with Crippen LogP contribution in [0.4, 0.5) is 0 Å². The number of H-pyrrole nitrogens is 1. The van der Waals surface area contributed by atoms with Crippen molar-refractivity contribution in [2.75, 3.05) is 13.2 Å². The maximum atomic E-state index is 13.9. The van der Waals surface area contributed by atoms with Crippen molar-refractivity contribution < 1.29 is 4.74 Å². The SMILES string of the molecule is Cc1cc2cc([C@H](c3nnnn3C[C@@H]3CCCO3)N(CCc3ccccc3)Cc3ccccc3)c(=O)[nH]c2cc1C. The van der Waals surface area contributed by atoms with Gasteiger partial charge in [-0.05, 0) is 89.4 Å². The molecule has 2 aromatic heterocycles. The molecule has 0 spiro atoms. The van der Waals surface area contributed by atoms with E-state index in [4.69, 9.17) is 4.74 Å². The van der Waals surface area contributed by atoms with E-state index in [0.29, 0.717) is 31.0 Å². The number of fused-ring (bicyclic) bond motifs is 1. The third kappa shape index (κ3) is 6.14. The van der Waals surface area contributed by atoms with Gasteiger partial charge in [0.15, 0.2) is 5.82 Å². The van der Waals surface area contributed by atoms with Gasteiger partial charge in [-0.2, -0.15) is 0 Å². The predicted molar refractivity (Wildman–Crippen MR) is 160 cm³/mol. The Hall–Kier alpha value is -4.14. The van der Waals surface area contributed by atoms with Crippen LogP contribution < -0.4 is 5.56 Å². The molecule has 3 heterocycles. The van der Waals surface area contributed by atoms with Gasteiger partial charge >= 0.3 is 0 Å². The number of hydrogen-bond donors (Lipinski definition) is 1. The Morgan fingerprint density at radius 2 is 1.73 bits per heavy atom. The fourth-order valence-electron chi connectivity index (χ4n) is 5.75. The minimum absolute atomic E-state index is 0.0605. The molecule has 3 aromatic carbocycles. The molecule has 0 saturated carbocycles. The highest BCUT2D eigenvalue weighted by Gasteiger charge is 2.32. The van der Waals surface area contributed by atoms with Crippen LogP contribution in [0.2, 0.25) is 0 Å². The first-order chi connectivity index (χ1) is 20.0. The lowest BCUT2D eigenvalue weighted by molar-refractivity contribution is 0.0906. The molecular weight excluding hydrogens is 512 g/mol. The third-order valence-electron chi connectivity index (χ3n) is 8.11. The van der Waals surface area contributed by atoms with E-state index in [9.17, 15) is 4.79 Å². The lowest BCUT2D eigenvalue weighted by atomic mass is 9.99. The second-order valence-corrected chi connectivity index (χ2v) is 11.0. The number of nitrogens with one attached hydrogen (secondary N) is 1. The zero-order chi connectivity index (χ0) is 28.2. The Labute approximate surface area is 240 Å². The van der Waals surface area contributed by atoms with Crippen LogP contribution in [0.3, 0.4) is 0 Å². The molecule has 0 radical (unpaired) electrons. The molecule has 1 fully saturated rings. The summed E-state index contributed by atoms with van der Waals surface area (Å²) in [5, 5.41) is 14.0. The Morgan fingerprint density at radius 1 is 1.00 bits per heavy atom. The number of aromatic amines is 1. The number of tetrazole rings is 1. The van der Waals surface area contributed by atoms with Crippen LogP contribution >= 0.6 is 0 Å². The molecule has 1 N–H and O–H groups in total.